The molecule has 0 fully saturated rings. The number of aromatic amines is 1. The molecule has 0 radical (unpaired) electrons. The lowest BCUT2D eigenvalue weighted by atomic mass is 10.2. The van der Waals surface area contributed by atoms with Gasteiger partial charge in [0.05, 0.1) is 70.9 Å². The summed E-state index contributed by atoms with van der Waals surface area (Å²) in [5.74, 6) is 0. The number of nitrogens with zero attached hydrogens (tertiary/aromatic N) is 8. The van der Waals surface area contributed by atoms with E-state index < -0.39 is 42.4 Å². The number of nitrogen functional groups attached to an aromatic ring is 2. The van der Waals surface area contributed by atoms with Crippen LogP contribution in [0.15, 0.2) is 128 Å². The SMILES string of the molecule is C.Nc1cc2c(cc1N)NC([n+]1ccccc1)N2.O=[N+]([O-])c1cc2c(cc1[N+](=O)[O-])NC([n+]1ccccc1)N2.O=[N+]([O-])c1cc2nc(Cl)[nH]c2cc1[N+](=O)[O-].[HH].c1ccncc1. The van der Waals surface area contributed by atoms with Crippen molar-refractivity contribution in [2.45, 2.75) is 20.0 Å². The molecular formula is C37H38ClN15O8+2. The number of hydrogen-bond acceptors (Lipinski definition) is 16. The fraction of sp³-hybridized carbons (Fsp3) is 0.0811. The number of benzene rings is 3. The predicted octanol–water partition coefficient (Wildman–Crippen LogP) is 6.91. The van der Waals surface area contributed by atoms with Crippen LogP contribution in [0.4, 0.5) is 56.9 Å². The highest BCUT2D eigenvalue weighted by Crippen LogP contribution is 2.40. The molecule has 0 amide bonds. The van der Waals surface area contributed by atoms with Crippen LogP contribution in [0.3, 0.4) is 0 Å². The molecule has 0 unspecified atom stereocenters. The summed E-state index contributed by atoms with van der Waals surface area (Å²) in [5.41, 5.74) is 13.8. The third-order valence-corrected chi connectivity index (χ3v) is 8.66. The Morgan fingerprint density at radius 2 is 0.918 bits per heavy atom. The maximum absolute atomic E-state index is 10.9. The Labute approximate surface area is 350 Å². The number of nitrogens with one attached hydrogen (secondary N) is 5. The summed E-state index contributed by atoms with van der Waals surface area (Å²) in [4.78, 5) is 50.0. The second-order valence-electron chi connectivity index (χ2n) is 12.4. The molecule has 9 rings (SSSR count). The van der Waals surface area contributed by atoms with Gasteiger partial charge in [-0.25, -0.2) is 4.98 Å². The van der Waals surface area contributed by atoms with Crippen LogP contribution in [-0.4, -0.2) is 34.6 Å². The monoisotopic (exact) mass is 855 g/mol. The Morgan fingerprint density at radius 1 is 0.557 bits per heavy atom. The first kappa shape index (κ1) is 43.4. The largest absolute Gasteiger partial charge is 0.397 e. The number of nitro benzene ring substituents is 4. The first-order valence-electron chi connectivity index (χ1n) is 17.3. The minimum atomic E-state index is -0.833. The maximum atomic E-state index is 10.9. The van der Waals surface area contributed by atoms with Crippen molar-refractivity contribution in [3.05, 3.63) is 174 Å². The van der Waals surface area contributed by atoms with E-state index in [9.17, 15) is 40.5 Å². The summed E-state index contributed by atoms with van der Waals surface area (Å²) in [6.45, 7) is 0. The van der Waals surface area contributed by atoms with Crippen molar-refractivity contribution in [1.29, 1.82) is 0 Å². The lowest BCUT2D eigenvalue weighted by molar-refractivity contribution is -0.710. The molecule has 314 valence electrons. The van der Waals surface area contributed by atoms with Gasteiger partial charge in [-0.05, 0) is 35.9 Å². The van der Waals surface area contributed by atoms with Gasteiger partial charge in [0.1, 0.15) is 0 Å². The molecule has 2 aliphatic heterocycles. The topological polar surface area (TPSA) is 322 Å². The number of hydrogen-bond donors (Lipinski definition) is 7. The van der Waals surface area contributed by atoms with Crippen LogP contribution in [0.5, 0.6) is 0 Å². The van der Waals surface area contributed by atoms with E-state index in [1.807, 2.05) is 83.7 Å². The molecule has 0 bridgehead atoms. The van der Waals surface area contributed by atoms with Crippen LogP contribution < -0.4 is 41.9 Å². The van der Waals surface area contributed by atoms with Gasteiger partial charge in [-0.3, -0.25) is 45.4 Å². The number of aromatic nitrogens is 5. The summed E-state index contributed by atoms with van der Waals surface area (Å²) in [5, 5.41) is 55.8. The van der Waals surface area contributed by atoms with E-state index in [0.29, 0.717) is 22.7 Å². The zero-order valence-electron chi connectivity index (χ0n) is 30.7. The number of anilines is 6. The molecule has 61 heavy (non-hydrogen) atoms. The Hall–Kier alpha value is -8.73. The number of halogens is 1. The molecule has 0 atom stereocenters. The van der Waals surface area contributed by atoms with Gasteiger partial charge in [-0.1, -0.05) is 25.6 Å². The minimum Gasteiger partial charge on any atom is -0.397 e. The summed E-state index contributed by atoms with van der Waals surface area (Å²) < 4.78 is 3.84. The molecule has 7 aromatic rings. The Kier molecular flexibility index (Phi) is 13.6. The van der Waals surface area contributed by atoms with E-state index in [0.717, 1.165) is 23.5 Å². The van der Waals surface area contributed by atoms with Crippen molar-refractivity contribution in [2.75, 3.05) is 32.7 Å². The number of nitro groups is 4. The van der Waals surface area contributed by atoms with Crippen LogP contribution in [0.25, 0.3) is 11.0 Å². The number of H-pyrrole nitrogens is 1. The summed E-state index contributed by atoms with van der Waals surface area (Å²) in [6.07, 6.45) is 10.7. The smallest absolute Gasteiger partial charge is 0.348 e. The van der Waals surface area contributed by atoms with Crippen molar-refractivity contribution in [1.82, 2.24) is 15.0 Å². The highest BCUT2D eigenvalue weighted by Gasteiger charge is 2.34. The first-order valence-corrected chi connectivity index (χ1v) is 17.6. The van der Waals surface area contributed by atoms with Crippen LogP contribution in [-0.2, 0) is 0 Å². The Bertz CT molecular complexity index is 2550. The average Bonchev–Trinajstić information content (AvgIpc) is 3.97. The van der Waals surface area contributed by atoms with Crippen LogP contribution in [0, 0.1) is 40.5 Å². The number of pyridine rings is 3. The Morgan fingerprint density at radius 3 is 1.28 bits per heavy atom. The lowest BCUT2D eigenvalue weighted by Gasteiger charge is -2.05. The van der Waals surface area contributed by atoms with Gasteiger partial charge in [-0.15, -0.1) is 0 Å². The van der Waals surface area contributed by atoms with E-state index in [2.05, 4.69) is 36.2 Å². The lowest BCUT2D eigenvalue weighted by Crippen LogP contribution is -2.45. The van der Waals surface area contributed by atoms with Gasteiger partial charge in [0.2, 0.25) is 5.28 Å². The molecule has 2 aliphatic rings. The first-order chi connectivity index (χ1) is 28.8. The quantitative estimate of drug-likeness (QED) is 0.0386. The number of rotatable bonds is 6. The zero-order chi connectivity index (χ0) is 42.9. The molecular weight excluding hydrogens is 818 g/mol. The summed E-state index contributed by atoms with van der Waals surface area (Å²) in [7, 11) is 0. The summed E-state index contributed by atoms with van der Waals surface area (Å²) >= 11 is 5.54. The standard InChI is InChI=1S/C12H10N5O4.C12H14N5.C7H3ClN4O4.C5H5N.CH4.H2/c18-16(19)10-6-8-9(7-11(10)17(20)21)14-12(13-8)15-4-2-1-3-5-15;13-8-6-10-11(7-9(8)14)16-12(15-10)17-4-2-1-3-5-17;8-7-9-3-1-5(11(13)14)6(12(15)16)2-4(3)10-7;1-2-4-6-5-3-1;;/h1-7,12-14H;1-7,12,15-16H,13-14H2;1-2H,(H,9,10);1-5H;1H4;1H/q2*+1;;;;. The highest BCUT2D eigenvalue weighted by atomic mass is 35.5. The fourth-order valence-corrected chi connectivity index (χ4v) is 5.91. The van der Waals surface area contributed by atoms with Crippen LogP contribution >= 0.6 is 11.6 Å². The number of nitrogens with two attached hydrogens (primary N) is 2. The molecule has 0 aliphatic carbocycles. The van der Waals surface area contributed by atoms with Gasteiger partial charge in [-0.2, -0.15) is 9.13 Å². The Balaban J connectivity index is 0.000000190. The van der Waals surface area contributed by atoms with E-state index in [1.54, 1.807) is 29.4 Å². The van der Waals surface area contributed by atoms with Gasteiger partial charge in [0.15, 0.2) is 24.8 Å². The van der Waals surface area contributed by atoms with E-state index in [4.69, 9.17) is 23.1 Å². The molecule has 24 heteroatoms. The van der Waals surface area contributed by atoms with Crippen LogP contribution in [0.2, 0.25) is 5.28 Å². The van der Waals surface area contributed by atoms with Crippen molar-refractivity contribution in [2.24, 2.45) is 0 Å². The molecule has 4 aromatic heterocycles. The van der Waals surface area contributed by atoms with Crippen molar-refractivity contribution in [3.63, 3.8) is 0 Å². The molecule has 9 N–H and O–H groups in total. The van der Waals surface area contributed by atoms with Gasteiger partial charge in [0.25, 0.3) is 0 Å². The second kappa shape index (κ2) is 19.1. The number of imidazole rings is 1. The average molecular weight is 856 g/mol. The second-order valence-corrected chi connectivity index (χ2v) is 12.7. The van der Waals surface area contributed by atoms with Gasteiger partial charge >= 0.3 is 35.3 Å². The third kappa shape index (κ3) is 10.4. The van der Waals surface area contributed by atoms with E-state index in [1.165, 1.54) is 12.1 Å². The van der Waals surface area contributed by atoms with E-state index >= 15 is 0 Å². The molecule has 0 saturated carbocycles. The number of fused-ring (bicyclic) bond motifs is 3. The summed E-state index contributed by atoms with van der Waals surface area (Å²) in [6, 6.07) is 25.3. The van der Waals surface area contributed by atoms with Gasteiger partial charge < -0.3 is 37.7 Å². The molecule has 23 nitrogen and oxygen atoms in total. The molecule has 0 spiro atoms. The molecule has 0 saturated heterocycles. The normalized spacial score (nSPS) is 12.0. The minimum absolute atomic E-state index is 0. The van der Waals surface area contributed by atoms with Crippen molar-refractivity contribution in [3.8, 4) is 0 Å². The van der Waals surface area contributed by atoms with Crippen LogP contribution in [0.1, 0.15) is 21.4 Å². The maximum Gasteiger partial charge on any atom is 0.348 e. The van der Waals surface area contributed by atoms with E-state index in [-0.39, 0.29) is 37.7 Å². The van der Waals surface area contributed by atoms with Gasteiger partial charge in [0, 0.05) is 56.3 Å². The van der Waals surface area contributed by atoms with Crippen molar-refractivity contribution >= 4 is 79.5 Å². The molecule has 6 heterocycles. The zero-order valence-corrected chi connectivity index (χ0v) is 31.4. The van der Waals surface area contributed by atoms with Crippen molar-refractivity contribution < 1.29 is 30.3 Å². The predicted molar refractivity (Wildman–Crippen MR) is 228 cm³/mol. The third-order valence-electron chi connectivity index (χ3n) is 8.48. The highest BCUT2D eigenvalue weighted by molar-refractivity contribution is 6.29. The fourth-order valence-electron chi connectivity index (χ4n) is 5.72. The molecule has 3 aromatic carbocycles.